The van der Waals surface area contributed by atoms with Crippen LogP contribution in [0, 0.1) is 6.92 Å². The maximum absolute atomic E-state index is 12.7. The summed E-state index contributed by atoms with van der Waals surface area (Å²) in [6, 6.07) is 0.299. The van der Waals surface area contributed by atoms with E-state index in [0.29, 0.717) is 29.5 Å². The predicted molar refractivity (Wildman–Crippen MR) is 103 cm³/mol. The van der Waals surface area contributed by atoms with Crippen LogP contribution in [0.5, 0.6) is 0 Å². The Bertz CT molecular complexity index is 899. The minimum Gasteiger partial charge on any atom is -0.477 e. The molecule has 0 spiro atoms. The number of guanidine groups is 1. The molecule has 3 N–H and O–H groups in total. The van der Waals surface area contributed by atoms with E-state index in [1.54, 1.807) is 11.8 Å². The van der Waals surface area contributed by atoms with E-state index in [-0.39, 0.29) is 17.0 Å². The molecular weight excluding hydrogens is 408 g/mol. The summed E-state index contributed by atoms with van der Waals surface area (Å²) in [5, 5.41) is 24.8. The van der Waals surface area contributed by atoms with E-state index < -0.39 is 12.0 Å². The zero-order chi connectivity index (χ0) is 18.7. The zero-order valence-corrected chi connectivity index (χ0v) is 16.7. The summed E-state index contributed by atoms with van der Waals surface area (Å²) in [6.45, 7) is 1.88. The van der Waals surface area contributed by atoms with E-state index >= 15 is 0 Å². The fraction of sp³-hybridized carbons (Fsp3) is 0.533. The number of carbonyl (C=O) groups excluding carboxylic acids is 1. The van der Waals surface area contributed by atoms with Gasteiger partial charge in [-0.2, -0.15) is 0 Å². The van der Waals surface area contributed by atoms with Gasteiger partial charge in [-0.1, -0.05) is 23.1 Å². The number of aryl methyl sites for hydroxylation is 1. The molecule has 9 nitrogen and oxygen atoms in total. The van der Waals surface area contributed by atoms with E-state index in [2.05, 4.69) is 25.8 Å². The molecule has 1 saturated heterocycles. The van der Waals surface area contributed by atoms with Crippen molar-refractivity contribution in [1.82, 2.24) is 25.7 Å². The third-order valence-corrected chi connectivity index (χ3v) is 8.19. The first-order valence-corrected chi connectivity index (χ1v) is 11.3. The molecule has 1 aromatic rings. The van der Waals surface area contributed by atoms with Gasteiger partial charge in [-0.05, 0) is 18.9 Å². The van der Waals surface area contributed by atoms with Crippen molar-refractivity contribution in [2.75, 3.05) is 11.5 Å². The molecule has 2 fully saturated rings. The lowest BCUT2D eigenvalue weighted by Gasteiger charge is -2.49. The lowest BCUT2D eigenvalue weighted by molar-refractivity contribution is -0.148. The van der Waals surface area contributed by atoms with E-state index in [4.69, 9.17) is 0 Å². The van der Waals surface area contributed by atoms with E-state index in [9.17, 15) is 14.7 Å². The number of hydrogen-bond acceptors (Lipinski definition) is 10. The molecule has 0 radical (unpaired) electrons. The number of nitrogens with zero attached hydrogens (tertiary/aromatic N) is 4. The second kappa shape index (κ2) is 6.38. The minimum atomic E-state index is -1.06. The third-order valence-electron chi connectivity index (χ3n) is 4.79. The second-order valence-electron chi connectivity index (χ2n) is 6.70. The summed E-state index contributed by atoms with van der Waals surface area (Å²) in [5.74, 6) is 0.431. The van der Waals surface area contributed by atoms with Crippen molar-refractivity contribution in [3.05, 3.63) is 16.3 Å². The van der Waals surface area contributed by atoms with Crippen molar-refractivity contribution in [2.24, 2.45) is 4.99 Å². The number of carboxylic acids is 1. The molecule has 4 heterocycles. The van der Waals surface area contributed by atoms with Gasteiger partial charge in [0.25, 0.3) is 5.91 Å². The molecule has 3 unspecified atom stereocenters. The maximum Gasteiger partial charge on any atom is 0.352 e. The predicted octanol–water partition coefficient (Wildman–Crippen LogP) is 0.251. The van der Waals surface area contributed by atoms with Crippen LogP contribution in [-0.4, -0.2) is 73.0 Å². The van der Waals surface area contributed by atoms with Crippen LogP contribution in [0.15, 0.2) is 20.6 Å². The van der Waals surface area contributed by atoms with Crippen LogP contribution >= 0.6 is 34.9 Å². The lowest BCUT2D eigenvalue weighted by atomic mass is 10.0. The zero-order valence-electron chi connectivity index (χ0n) is 14.2. The Morgan fingerprint density at radius 3 is 3.00 bits per heavy atom. The first-order valence-electron chi connectivity index (χ1n) is 8.45. The molecule has 4 aliphatic rings. The van der Waals surface area contributed by atoms with Gasteiger partial charge in [-0.25, -0.2) is 9.79 Å². The molecule has 12 heteroatoms. The van der Waals surface area contributed by atoms with Crippen molar-refractivity contribution >= 4 is 52.7 Å². The largest absolute Gasteiger partial charge is 0.477 e. The Labute approximate surface area is 167 Å². The second-order valence-corrected chi connectivity index (χ2v) is 10.2. The van der Waals surface area contributed by atoms with Crippen LogP contribution in [0.2, 0.25) is 0 Å². The molecule has 27 heavy (non-hydrogen) atoms. The normalized spacial score (nSPS) is 30.9. The van der Waals surface area contributed by atoms with Gasteiger partial charge in [0.05, 0.1) is 12.1 Å². The van der Waals surface area contributed by atoms with Crippen LogP contribution < -0.4 is 10.6 Å². The van der Waals surface area contributed by atoms with Gasteiger partial charge in [0.2, 0.25) is 0 Å². The number of fused-ring (bicyclic) bond motifs is 2. The number of aromatic nitrogens is 2. The highest BCUT2D eigenvalue weighted by molar-refractivity contribution is 8.01. The number of amides is 1. The van der Waals surface area contributed by atoms with Gasteiger partial charge >= 0.3 is 5.97 Å². The fourth-order valence-corrected chi connectivity index (χ4v) is 6.66. The standard InChI is InChI=1S/C15H16N6O3S3/c1-5-19-20-15(27-5)26-4-6-3-25-12-9(11(22)21(12)10(6)13(23)24)18-14-16-7-2-8(7)17-14/h7-9,12H,2-4H2,1H3,(H,23,24)(H2,16,17,18)/t7?,8?,9?,12-/m0/s1. The molecule has 142 valence electrons. The van der Waals surface area contributed by atoms with Crippen molar-refractivity contribution in [2.45, 2.75) is 41.2 Å². The van der Waals surface area contributed by atoms with E-state index in [0.717, 1.165) is 21.3 Å². The SMILES string of the molecule is Cc1nnc(SCC2=C(C(=O)O)N3C(=O)C(NC4=NC5CC5N4)[C@@H]3SC2)s1. The number of carboxylic acid groups (broad SMARTS) is 1. The lowest BCUT2D eigenvalue weighted by Crippen LogP contribution is -2.71. The van der Waals surface area contributed by atoms with Gasteiger partial charge in [0, 0.05) is 11.5 Å². The quantitative estimate of drug-likeness (QED) is 0.451. The van der Waals surface area contributed by atoms with Crippen LogP contribution in [0.3, 0.4) is 0 Å². The molecule has 4 atom stereocenters. The Balaban J connectivity index is 1.31. The van der Waals surface area contributed by atoms with Crippen LogP contribution in [-0.2, 0) is 9.59 Å². The van der Waals surface area contributed by atoms with Crippen molar-refractivity contribution < 1.29 is 14.7 Å². The van der Waals surface area contributed by atoms with E-state index in [1.807, 2.05) is 6.92 Å². The number of carbonyl (C=O) groups is 2. The van der Waals surface area contributed by atoms with Gasteiger partial charge in [0.1, 0.15) is 22.1 Å². The number of aliphatic carboxylic acids is 1. The number of aliphatic imine (C=N–C) groups is 1. The first-order chi connectivity index (χ1) is 13.0. The average Bonchev–Trinajstić information content (AvgIpc) is 3.04. The summed E-state index contributed by atoms with van der Waals surface area (Å²) < 4.78 is 0.801. The van der Waals surface area contributed by atoms with E-state index in [1.165, 1.54) is 28.0 Å². The number of thioether (sulfide) groups is 2. The molecule has 1 aliphatic carbocycles. The maximum atomic E-state index is 12.7. The van der Waals surface area contributed by atoms with Gasteiger partial charge in [0.15, 0.2) is 10.3 Å². The third kappa shape index (κ3) is 2.99. The van der Waals surface area contributed by atoms with Crippen LogP contribution in [0.1, 0.15) is 11.4 Å². The van der Waals surface area contributed by atoms with Crippen LogP contribution in [0.4, 0.5) is 0 Å². The highest BCUT2D eigenvalue weighted by atomic mass is 32.2. The fourth-order valence-electron chi connectivity index (χ4n) is 3.36. The van der Waals surface area contributed by atoms with Gasteiger partial charge < -0.3 is 15.7 Å². The Morgan fingerprint density at radius 1 is 1.48 bits per heavy atom. The number of nitrogens with one attached hydrogen (secondary N) is 2. The van der Waals surface area contributed by atoms with Crippen LogP contribution in [0.25, 0.3) is 0 Å². The highest BCUT2D eigenvalue weighted by Crippen LogP contribution is 2.42. The number of β-lactam (4-membered cyclic amide) rings is 1. The number of hydrogen-bond donors (Lipinski definition) is 3. The summed E-state index contributed by atoms with van der Waals surface area (Å²) >= 11 is 4.52. The summed E-state index contributed by atoms with van der Waals surface area (Å²) in [5.41, 5.74) is 0.852. The molecule has 0 bridgehead atoms. The average molecular weight is 425 g/mol. The summed E-state index contributed by atoms with van der Waals surface area (Å²) in [7, 11) is 0. The first kappa shape index (κ1) is 17.3. The molecule has 5 rings (SSSR count). The molecule has 1 saturated carbocycles. The monoisotopic (exact) mass is 424 g/mol. The molecule has 1 aromatic heterocycles. The number of rotatable bonds is 5. The highest BCUT2D eigenvalue weighted by Gasteiger charge is 2.55. The topological polar surface area (TPSA) is 120 Å². The Hall–Kier alpha value is -1.79. The minimum absolute atomic E-state index is 0.111. The van der Waals surface area contributed by atoms with Crippen molar-refractivity contribution in [3.8, 4) is 0 Å². The smallest absolute Gasteiger partial charge is 0.352 e. The van der Waals surface area contributed by atoms with Crippen molar-refractivity contribution in [3.63, 3.8) is 0 Å². The Morgan fingerprint density at radius 2 is 2.33 bits per heavy atom. The van der Waals surface area contributed by atoms with Gasteiger partial charge in [-0.3, -0.25) is 9.69 Å². The summed E-state index contributed by atoms with van der Waals surface area (Å²) in [4.78, 5) is 30.4. The Kier molecular flexibility index (Phi) is 4.09. The molecular formula is C15H16N6O3S3. The molecule has 3 aliphatic heterocycles. The van der Waals surface area contributed by atoms with Gasteiger partial charge in [-0.15, -0.1) is 22.0 Å². The summed E-state index contributed by atoms with van der Waals surface area (Å²) in [6.07, 6.45) is 1.05. The molecule has 1 amide bonds. The van der Waals surface area contributed by atoms with Crippen molar-refractivity contribution in [1.29, 1.82) is 0 Å². The molecule has 0 aromatic carbocycles.